The zero-order valence-electron chi connectivity index (χ0n) is 19.3. The van der Waals surface area contributed by atoms with Crippen LogP contribution in [0.15, 0.2) is 47.4 Å². The van der Waals surface area contributed by atoms with Gasteiger partial charge in [-0.1, -0.05) is 83.6 Å². The lowest BCUT2D eigenvalue weighted by molar-refractivity contribution is 0.410. The lowest BCUT2D eigenvalue weighted by Gasteiger charge is -2.10. The molecule has 2 aromatic rings. The van der Waals surface area contributed by atoms with Gasteiger partial charge in [0, 0.05) is 0 Å². The second-order valence-electron chi connectivity index (χ2n) is 8.49. The molecule has 0 fully saturated rings. The number of ether oxygens (including phenoxy) is 1. The lowest BCUT2D eigenvalue weighted by Crippen LogP contribution is -1.97. The van der Waals surface area contributed by atoms with Gasteiger partial charge < -0.3 is 9.84 Å². The van der Waals surface area contributed by atoms with Crippen LogP contribution in [0.2, 0.25) is 0 Å². The average molecular weight is 463 g/mol. The first-order chi connectivity index (χ1) is 15.4. The van der Waals surface area contributed by atoms with E-state index in [1.54, 1.807) is 6.07 Å². The molecule has 2 aromatic carbocycles. The van der Waals surface area contributed by atoms with Gasteiger partial charge in [-0.3, -0.25) is 4.55 Å². The summed E-state index contributed by atoms with van der Waals surface area (Å²) < 4.78 is 37.0. The Kier molecular flexibility index (Phi) is 11.6. The molecule has 32 heavy (non-hydrogen) atoms. The number of phenols is 1. The highest BCUT2D eigenvalue weighted by atomic mass is 32.2. The Morgan fingerprint density at radius 3 is 1.81 bits per heavy atom. The number of rotatable bonds is 16. The average Bonchev–Trinajstić information content (AvgIpc) is 2.76. The molecule has 2 N–H and O–H groups in total. The molecule has 0 aliphatic rings. The van der Waals surface area contributed by atoms with Crippen LogP contribution in [0.25, 0.3) is 0 Å². The molecule has 0 bridgehead atoms. The van der Waals surface area contributed by atoms with Crippen molar-refractivity contribution in [1.82, 2.24) is 0 Å². The zero-order chi connectivity index (χ0) is 23.2. The van der Waals surface area contributed by atoms with Crippen LogP contribution in [0.1, 0.15) is 89.5 Å². The van der Waals surface area contributed by atoms with E-state index in [0.29, 0.717) is 11.5 Å². The van der Waals surface area contributed by atoms with Crippen LogP contribution in [0.4, 0.5) is 0 Å². The zero-order valence-corrected chi connectivity index (χ0v) is 20.1. The number of hydrogen-bond acceptors (Lipinski definition) is 4. The molecule has 0 amide bonds. The number of hydrogen-bond donors (Lipinski definition) is 2. The number of aromatic hydroxyl groups is 1. The van der Waals surface area contributed by atoms with Gasteiger partial charge in [0.25, 0.3) is 10.1 Å². The third-order valence-electron chi connectivity index (χ3n) is 5.69. The molecule has 0 saturated heterocycles. The van der Waals surface area contributed by atoms with Crippen LogP contribution in [-0.4, -0.2) is 18.1 Å². The van der Waals surface area contributed by atoms with E-state index in [2.05, 4.69) is 6.92 Å². The van der Waals surface area contributed by atoms with Crippen LogP contribution in [0, 0.1) is 0 Å². The highest BCUT2D eigenvalue weighted by Crippen LogP contribution is 2.32. The molecule has 0 unspecified atom stereocenters. The maximum atomic E-state index is 11.1. The fourth-order valence-corrected chi connectivity index (χ4v) is 4.25. The molecule has 0 aliphatic heterocycles. The Bertz CT molecular complexity index is 891. The maximum absolute atomic E-state index is 11.1. The summed E-state index contributed by atoms with van der Waals surface area (Å²) in [5, 5.41) is 10.1. The first kappa shape index (κ1) is 26.2. The molecular formula is C26H38O5S. The van der Waals surface area contributed by atoms with E-state index in [-0.39, 0.29) is 10.6 Å². The van der Waals surface area contributed by atoms with Crippen molar-refractivity contribution in [3.05, 3.63) is 48.0 Å². The van der Waals surface area contributed by atoms with Crippen molar-refractivity contribution in [3.63, 3.8) is 0 Å². The Labute approximate surface area is 193 Å². The van der Waals surface area contributed by atoms with Gasteiger partial charge in [-0.15, -0.1) is 0 Å². The number of aryl methyl sites for hydroxylation is 1. The van der Waals surface area contributed by atoms with Crippen LogP contribution < -0.4 is 4.74 Å². The minimum Gasteiger partial charge on any atom is -0.504 e. The summed E-state index contributed by atoms with van der Waals surface area (Å²) in [5.41, 5.74) is 1.10. The first-order valence-corrected chi connectivity index (χ1v) is 13.4. The van der Waals surface area contributed by atoms with Gasteiger partial charge in [0.15, 0.2) is 11.5 Å². The topological polar surface area (TPSA) is 83.8 Å². The first-order valence-electron chi connectivity index (χ1n) is 12.0. The van der Waals surface area contributed by atoms with E-state index in [0.717, 1.165) is 18.4 Å². The molecule has 0 heterocycles. The number of benzene rings is 2. The van der Waals surface area contributed by atoms with Crippen molar-refractivity contribution in [2.24, 2.45) is 0 Å². The number of unbranched alkanes of at least 4 members (excludes halogenated alkanes) is 11. The predicted molar refractivity (Wildman–Crippen MR) is 129 cm³/mol. The van der Waals surface area contributed by atoms with Crippen molar-refractivity contribution in [2.75, 3.05) is 0 Å². The molecule has 0 aromatic heterocycles. The van der Waals surface area contributed by atoms with Gasteiger partial charge in [0.05, 0.1) is 4.90 Å². The third-order valence-corrected chi connectivity index (χ3v) is 6.56. The Hall–Kier alpha value is -2.05. The third kappa shape index (κ3) is 10.0. The SMILES string of the molecule is CCCCCCCCCCCCCCc1ccc(O)c(Oc2ccc(S(=O)(=O)O)cc2)c1. The van der Waals surface area contributed by atoms with Gasteiger partial charge in [-0.25, -0.2) is 0 Å². The second kappa shape index (κ2) is 14.2. The minimum absolute atomic E-state index is 0.0299. The van der Waals surface area contributed by atoms with Crippen LogP contribution >= 0.6 is 0 Å². The highest BCUT2D eigenvalue weighted by molar-refractivity contribution is 7.85. The van der Waals surface area contributed by atoms with E-state index < -0.39 is 10.1 Å². The fraction of sp³-hybridized carbons (Fsp3) is 0.538. The normalized spacial score (nSPS) is 11.6. The highest BCUT2D eigenvalue weighted by Gasteiger charge is 2.10. The minimum atomic E-state index is -4.24. The molecular weight excluding hydrogens is 424 g/mol. The molecule has 6 heteroatoms. The van der Waals surface area contributed by atoms with Crippen molar-refractivity contribution in [3.8, 4) is 17.2 Å². The monoisotopic (exact) mass is 462 g/mol. The van der Waals surface area contributed by atoms with Crippen molar-refractivity contribution < 1.29 is 22.8 Å². The van der Waals surface area contributed by atoms with Gasteiger partial charge in [0.1, 0.15) is 5.75 Å². The van der Waals surface area contributed by atoms with E-state index in [9.17, 15) is 13.5 Å². The van der Waals surface area contributed by atoms with Crippen LogP contribution in [0.5, 0.6) is 17.2 Å². The molecule has 0 spiro atoms. The van der Waals surface area contributed by atoms with E-state index in [1.807, 2.05) is 12.1 Å². The van der Waals surface area contributed by atoms with Gasteiger partial charge in [-0.05, 0) is 54.8 Å². The smallest absolute Gasteiger partial charge is 0.294 e. The van der Waals surface area contributed by atoms with Gasteiger partial charge in [-0.2, -0.15) is 8.42 Å². The van der Waals surface area contributed by atoms with Crippen molar-refractivity contribution in [2.45, 2.75) is 95.3 Å². The molecule has 0 aliphatic carbocycles. The summed E-state index contributed by atoms with van der Waals surface area (Å²) >= 11 is 0. The van der Waals surface area contributed by atoms with Gasteiger partial charge >= 0.3 is 0 Å². The number of phenolic OH excluding ortho intramolecular Hbond substituents is 1. The second-order valence-corrected chi connectivity index (χ2v) is 9.91. The van der Waals surface area contributed by atoms with Crippen LogP contribution in [0.3, 0.4) is 0 Å². The fourth-order valence-electron chi connectivity index (χ4n) is 3.77. The van der Waals surface area contributed by atoms with E-state index in [1.165, 1.54) is 94.9 Å². The Balaban J connectivity index is 1.67. The Morgan fingerprint density at radius 2 is 1.28 bits per heavy atom. The molecule has 5 nitrogen and oxygen atoms in total. The van der Waals surface area contributed by atoms with Gasteiger partial charge in [0.2, 0.25) is 0 Å². The molecule has 0 radical (unpaired) electrons. The van der Waals surface area contributed by atoms with Crippen molar-refractivity contribution >= 4 is 10.1 Å². The maximum Gasteiger partial charge on any atom is 0.294 e. The van der Waals surface area contributed by atoms with Crippen molar-refractivity contribution in [1.29, 1.82) is 0 Å². The van der Waals surface area contributed by atoms with E-state index >= 15 is 0 Å². The predicted octanol–water partition coefficient (Wildman–Crippen LogP) is 7.67. The summed E-state index contributed by atoms with van der Waals surface area (Å²) in [4.78, 5) is -0.199. The molecule has 0 saturated carbocycles. The largest absolute Gasteiger partial charge is 0.504 e. The Morgan fingerprint density at radius 1 is 0.750 bits per heavy atom. The lowest BCUT2D eigenvalue weighted by atomic mass is 10.0. The summed E-state index contributed by atoms with van der Waals surface area (Å²) in [7, 11) is -4.24. The van der Waals surface area contributed by atoms with Crippen LogP contribution in [-0.2, 0) is 16.5 Å². The molecule has 2 rings (SSSR count). The summed E-state index contributed by atoms with van der Waals surface area (Å²) in [6.07, 6.45) is 16.7. The summed E-state index contributed by atoms with van der Waals surface area (Å²) in [6.45, 7) is 2.26. The quantitative estimate of drug-likeness (QED) is 0.197. The summed E-state index contributed by atoms with van der Waals surface area (Å²) in [5.74, 6) is 0.749. The van der Waals surface area contributed by atoms with E-state index in [4.69, 9.17) is 9.29 Å². The standard InChI is InChI=1S/C26H38O5S/c1-2-3-4-5-6-7-8-9-10-11-12-13-14-22-15-20-25(27)26(21-22)31-23-16-18-24(19-17-23)32(28,29)30/h15-21,27H,2-14H2,1H3,(H,28,29,30). The summed E-state index contributed by atoms with van der Waals surface area (Å²) in [6, 6.07) is 10.8. The molecule has 0 atom stereocenters. The molecule has 178 valence electrons.